The lowest BCUT2D eigenvalue weighted by atomic mass is 10.1. The van der Waals surface area contributed by atoms with Crippen molar-refractivity contribution in [2.24, 2.45) is 0 Å². The van der Waals surface area contributed by atoms with Crippen LogP contribution in [0.5, 0.6) is 0 Å². The molecular formula is C16H26OSi. The molecule has 0 heterocycles. The highest BCUT2D eigenvalue weighted by Gasteiger charge is 2.19. The Morgan fingerprint density at radius 3 is 2.33 bits per heavy atom. The molecule has 1 nitrogen and oxygen atoms in total. The molecule has 0 amide bonds. The third-order valence-corrected chi connectivity index (χ3v) is 6.18. The monoisotopic (exact) mass is 262 g/mol. The maximum atomic E-state index is 5.56. The molecule has 0 N–H and O–H groups in total. The quantitative estimate of drug-likeness (QED) is 0.478. The molecule has 0 aromatic heterocycles. The molecule has 0 aliphatic heterocycles. The Morgan fingerprint density at radius 1 is 1.11 bits per heavy atom. The van der Waals surface area contributed by atoms with E-state index in [-0.39, 0.29) is 0 Å². The summed E-state index contributed by atoms with van der Waals surface area (Å²) in [4.78, 5) is 0. The van der Waals surface area contributed by atoms with Crippen molar-refractivity contribution in [2.45, 2.75) is 44.8 Å². The molecule has 0 aliphatic rings. The zero-order valence-corrected chi connectivity index (χ0v) is 13.0. The van der Waals surface area contributed by atoms with Gasteiger partial charge in [-0.05, 0) is 43.1 Å². The van der Waals surface area contributed by atoms with Gasteiger partial charge in [0.2, 0.25) is 0 Å². The van der Waals surface area contributed by atoms with Crippen LogP contribution in [0.15, 0.2) is 30.8 Å². The summed E-state index contributed by atoms with van der Waals surface area (Å²) in [6.45, 7) is 8.36. The molecule has 0 saturated heterocycles. The Balaban J connectivity index is 2.19. The molecule has 100 valence electrons. The van der Waals surface area contributed by atoms with Crippen molar-refractivity contribution < 1.29 is 4.43 Å². The lowest BCUT2D eigenvalue weighted by Gasteiger charge is -2.19. The minimum absolute atomic E-state index is 1.19. The molecule has 0 radical (unpaired) electrons. The van der Waals surface area contributed by atoms with Crippen LogP contribution in [0, 0.1) is 0 Å². The first-order valence-electron chi connectivity index (χ1n) is 6.84. The molecule has 2 heteroatoms. The van der Waals surface area contributed by atoms with E-state index in [0.29, 0.717) is 0 Å². The lowest BCUT2D eigenvalue weighted by molar-refractivity contribution is 0.401. The zero-order chi connectivity index (χ0) is 13.4. The average molecular weight is 262 g/mol. The van der Waals surface area contributed by atoms with Crippen LogP contribution in [0.4, 0.5) is 0 Å². The van der Waals surface area contributed by atoms with Gasteiger partial charge < -0.3 is 4.43 Å². The fraction of sp³-hybridized carbons (Fsp3) is 0.500. The predicted molar refractivity (Wildman–Crippen MR) is 83.4 cm³/mol. The Hall–Kier alpha value is -0.863. The highest BCUT2D eigenvalue weighted by atomic mass is 28.4. The van der Waals surface area contributed by atoms with Gasteiger partial charge in [0.15, 0.2) is 8.32 Å². The number of hydrogen-bond acceptors (Lipinski definition) is 1. The van der Waals surface area contributed by atoms with Gasteiger partial charge in [0, 0.05) is 7.11 Å². The summed E-state index contributed by atoms with van der Waals surface area (Å²) >= 11 is 0. The van der Waals surface area contributed by atoms with Gasteiger partial charge in [-0.25, -0.2) is 0 Å². The molecule has 0 atom stereocenters. The highest BCUT2D eigenvalue weighted by Crippen LogP contribution is 2.16. The van der Waals surface area contributed by atoms with Crippen LogP contribution in [0.2, 0.25) is 19.1 Å². The van der Waals surface area contributed by atoms with Crippen molar-refractivity contribution in [3.05, 3.63) is 42.0 Å². The summed E-state index contributed by atoms with van der Waals surface area (Å²) in [6, 6.07) is 9.99. The Morgan fingerprint density at radius 2 is 1.78 bits per heavy atom. The van der Waals surface area contributed by atoms with Crippen molar-refractivity contribution >= 4 is 14.4 Å². The number of aryl methyl sites for hydroxylation is 1. The highest BCUT2D eigenvalue weighted by molar-refractivity contribution is 6.71. The van der Waals surface area contributed by atoms with E-state index in [9.17, 15) is 0 Å². The van der Waals surface area contributed by atoms with Gasteiger partial charge in [-0.1, -0.05) is 49.8 Å². The van der Waals surface area contributed by atoms with Gasteiger partial charge in [0.05, 0.1) is 0 Å². The smallest absolute Gasteiger partial charge is 0.186 e. The van der Waals surface area contributed by atoms with Gasteiger partial charge in [0.25, 0.3) is 0 Å². The van der Waals surface area contributed by atoms with Gasteiger partial charge in [-0.3, -0.25) is 0 Å². The van der Waals surface area contributed by atoms with Gasteiger partial charge in [0.1, 0.15) is 0 Å². The molecule has 0 spiro atoms. The zero-order valence-electron chi connectivity index (χ0n) is 12.0. The molecule has 0 saturated carbocycles. The van der Waals surface area contributed by atoms with E-state index in [4.69, 9.17) is 4.43 Å². The average Bonchev–Trinajstić information content (AvgIpc) is 2.39. The van der Waals surface area contributed by atoms with Crippen molar-refractivity contribution in [3.63, 3.8) is 0 Å². The van der Waals surface area contributed by atoms with Crippen LogP contribution >= 0.6 is 0 Å². The van der Waals surface area contributed by atoms with Crippen LogP contribution in [-0.2, 0) is 10.8 Å². The Labute approximate surface area is 113 Å². The first-order valence-corrected chi connectivity index (χ1v) is 9.95. The third-order valence-electron chi connectivity index (χ3n) is 3.51. The van der Waals surface area contributed by atoms with E-state index < -0.39 is 8.32 Å². The van der Waals surface area contributed by atoms with E-state index in [2.05, 4.69) is 43.9 Å². The van der Waals surface area contributed by atoms with Crippen LogP contribution in [0.25, 0.3) is 6.08 Å². The topological polar surface area (TPSA) is 9.23 Å². The van der Waals surface area contributed by atoms with Crippen LogP contribution in [0.1, 0.15) is 30.4 Å². The Kier molecular flexibility index (Phi) is 6.37. The fourth-order valence-electron chi connectivity index (χ4n) is 1.98. The summed E-state index contributed by atoms with van der Waals surface area (Å²) < 4.78 is 5.56. The maximum Gasteiger partial charge on any atom is 0.186 e. The fourth-order valence-corrected chi connectivity index (χ4v) is 3.28. The summed E-state index contributed by atoms with van der Waals surface area (Å²) in [6.07, 6.45) is 6.97. The van der Waals surface area contributed by atoms with E-state index in [1.807, 2.05) is 13.2 Å². The second-order valence-electron chi connectivity index (χ2n) is 5.47. The molecule has 1 aromatic carbocycles. The van der Waals surface area contributed by atoms with Crippen LogP contribution in [-0.4, -0.2) is 15.4 Å². The molecular weight excluding hydrogens is 236 g/mol. The van der Waals surface area contributed by atoms with Gasteiger partial charge in [-0.15, -0.1) is 0 Å². The minimum Gasteiger partial charge on any atom is -0.420 e. The first-order chi connectivity index (χ1) is 8.57. The molecule has 1 aromatic rings. The van der Waals surface area contributed by atoms with Gasteiger partial charge in [-0.2, -0.15) is 0 Å². The van der Waals surface area contributed by atoms with E-state index >= 15 is 0 Å². The minimum atomic E-state index is -1.33. The molecule has 0 fully saturated rings. The summed E-state index contributed by atoms with van der Waals surface area (Å²) in [7, 11) is 0.525. The van der Waals surface area contributed by atoms with E-state index in [1.54, 1.807) is 0 Å². The third kappa shape index (κ3) is 5.65. The number of hydrogen-bond donors (Lipinski definition) is 0. The predicted octanol–water partition coefficient (Wildman–Crippen LogP) is 4.89. The lowest BCUT2D eigenvalue weighted by Crippen LogP contribution is -2.27. The van der Waals surface area contributed by atoms with E-state index in [0.717, 1.165) is 0 Å². The summed E-state index contributed by atoms with van der Waals surface area (Å²) in [5.74, 6) is 0. The molecule has 0 bridgehead atoms. The number of benzene rings is 1. The maximum absolute atomic E-state index is 5.56. The van der Waals surface area contributed by atoms with Crippen molar-refractivity contribution in [2.75, 3.05) is 7.11 Å². The second-order valence-corrected chi connectivity index (χ2v) is 9.90. The first kappa shape index (κ1) is 15.2. The van der Waals surface area contributed by atoms with Crippen molar-refractivity contribution in [3.8, 4) is 0 Å². The molecule has 0 unspecified atom stereocenters. The molecule has 18 heavy (non-hydrogen) atoms. The SMILES string of the molecule is C=Cc1ccc(CCCCC[Si](C)(C)OC)cc1. The van der Waals surface area contributed by atoms with E-state index in [1.165, 1.54) is 42.9 Å². The Bertz CT molecular complexity index is 354. The summed E-state index contributed by atoms with van der Waals surface area (Å²) in [5.41, 5.74) is 2.63. The largest absolute Gasteiger partial charge is 0.420 e. The van der Waals surface area contributed by atoms with Crippen molar-refractivity contribution in [1.82, 2.24) is 0 Å². The molecule has 0 aliphatic carbocycles. The number of rotatable bonds is 8. The normalized spacial score (nSPS) is 11.5. The molecule has 1 rings (SSSR count). The van der Waals surface area contributed by atoms with Crippen LogP contribution in [0.3, 0.4) is 0 Å². The second kappa shape index (κ2) is 7.55. The number of unbranched alkanes of at least 4 members (excludes halogenated alkanes) is 2. The van der Waals surface area contributed by atoms with Crippen LogP contribution < -0.4 is 0 Å². The standard InChI is InChI=1S/C16H26OSi/c1-5-15-10-12-16(13-11-15)9-7-6-8-14-18(3,4)17-2/h5,10-13H,1,6-9,14H2,2-4H3. The van der Waals surface area contributed by atoms with Gasteiger partial charge >= 0.3 is 0 Å². The summed E-state index contributed by atoms with van der Waals surface area (Å²) in [5, 5.41) is 0. The van der Waals surface area contributed by atoms with Crippen molar-refractivity contribution in [1.29, 1.82) is 0 Å².